The van der Waals surface area contributed by atoms with Crippen LogP contribution in [0.15, 0.2) is 71.2 Å². The van der Waals surface area contributed by atoms with Crippen LogP contribution < -0.4 is 0 Å². The quantitative estimate of drug-likeness (QED) is 0.320. The highest BCUT2D eigenvalue weighted by Gasteiger charge is 2.18. The number of nitrogens with zero attached hydrogens (tertiary/aromatic N) is 4. The van der Waals surface area contributed by atoms with Gasteiger partial charge in [0.15, 0.2) is 11.3 Å². The van der Waals surface area contributed by atoms with Crippen molar-refractivity contribution >= 4 is 49.9 Å². The van der Waals surface area contributed by atoms with E-state index < -0.39 is 5.82 Å². The van der Waals surface area contributed by atoms with Gasteiger partial charge in [-0.15, -0.1) is 0 Å². The molecule has 136 valence electrons. The molecule has 0 saturated carbocycles. The molecule has 3 aromatic carbocycles. The Hall–Kier alpha value is -2.83. The molecule has 0 bridgehead atoms. The number of hydrogen-bond acceptors (Lipinski definition) is 3. The number of rotatable bonds is 2. The Bertz CT molecular complexity index is 1370. The molecule has 5 rings (SSSR count). The molecule has 0 aliphatic carbocycles. The van der Waals surface area contributed by atoms with Crippen LogP contribution >= 0.6 is 27.5 Å². The normalized spacial score (nSPS) is 11.4. The van der Waals surface area contributed by atoms with Gasteiger partial charge in [-0.2, -0.15) is 0 Å². The van der Waals surface area contributed by atoms with Gasteiger partial charge in [0.05, 0.1) is 21.7 Å². The third-order valence-electron chi connectivity index (χ3n) is 4.41. The van der Waals surface area contributed by atoms with Crippen molar-refractivity contribution in [2.75, 3.05) is 0 Å². The van der Waals surface area contributed by atoms with Crippen LogP contribution in [0.4, 0.5) is 4.39 Å². The molecule has 5 aromatic rings. The number of para-hydroxylation sites is 2. The van der Waals surface area contributed by atoms with Gasteiger partial charge in [-0.05, 0) is 42.5 Å². The van der Waals surface area contributed by atoms with Crippen molar-refractivity contribution in [1.29, 1.82) is 0 Å². The maximum atomic E-state index is 13.7. The maximum Gasteiger partial charge on any atom is 0.199 e. The standard InChI is InChI=1S/C21H11BrClFN4/c22-13-5-3-4-12(10-13)20-27-19-21(26-18-7-2-1-6-17(18)25-19)28(20)14-8-9-16(24)15(23)11-14/h1-11H. The summed E-state index contributed by atoms with van der Waals surface area (Å²) in [4.78, 5) is 14.2. The summed E-state index contributed by atoms with van der Waals surface area (Å²) in [5, 5.41) is 0.0355. The third kappa shape index (κ3) is 2.85. The molecule has 0 amide bonds. The molecule has 4 nitrogen and oxygen atoms in total. The lowest BCUT2D eigenvalue weighted by atomic mass is 10.2. The molecule has 2 aromatic heterocycles. The molecule has 0 aliphatic rings. The lowest BCUT2D eigenvalue weighted by Gasteiger charge is -2.10. The summed E-state index contributed by atoms with van der Waals surface area (Å²) in [6.45, 7) is 0. The van der Waals surface area contributed by atoms with E-state index in [9.17, 15) is 4.39 Å². The predicted molar refractivity (Wildman–Crippen MR) is 112 cm³/mol. The van der Waals surface area contributed by atoms with Crippen LogP contribution in [0.2, 0.25) is 5.02 Å². The molecule has 0 spiro atoms. The molecular formula is C21H11BrClFN4. The van der Waals surface area contributed by atoms with Gasteiger partial charge in [-0.3, -0.25) is 4.57 Å². The second kappa shape index (κ2) is 6.65. The molecule has 0 saturated heterocycles. The van der Waals surface area contributed by atoms with Crippen molar-refractivity contribution < 1.29 is 4.39 Å². The molecule has 0 aliphatic heterocycles. The minimum Gasteiger partial charge on any atom is -0.275 e. The minimum absolute atomic E-state index is 0.0355. The van der Waals surface area contributed by atoms with Gasteiger partial charge in [0.1, 0.15) is 11.6 Å². The van der Waals surface area contributed by atoms with Crippen LogP contribution in [0, 0.1) is 5.82 Å². The highest BCUT2D eigenvalue weighted by atomic mass is 79.9. The smallest absolute Gasteiger partial charge is 0.199 e. The highest BCUT2D eigenvalue weighted by Crippen LogP contribution is 2.31. The summed E-state index contributed by atoms with van der Waals surface area (Å²) in [7, 11) is 0. The van der Waals surface area contributed by atoms with Crippen molar-refractivity contribution in [3.8, 4) is 17.1 Å². The molecule has 0 N–H and O–H groups in total. The van der Waals surface area contributed by atoms with Crippen LogP contribution in [0.25, 0.3) is 39.4 Å². The van der Waals surface area contributed by atoms with E-state index in [1.54, 1.807) is 12.1 Å². The van der Waals surface area contributed by atoms with Gasteiger partial charge in [0, 0.05) is 10.0 Å². The van der Waals surface area contributed by atoms with Gasteiger partial charge in [0.2, 0.25) is 0 Å². The van der Waals surface area contributed by atoms with Crippen LogP contribution in [0.1, 0.15) is 0 Å². The maximum absolute atomic E-state index is 13.7. The van der Waals surface area contributed by atoms with Gasteiger partial charge in [-0.25, -0.2) is 19.3 Å². The number of benzene rings is 3. The van der Waals surface area contributed by atoms with E-state index in [2.05, 4.69) is 20.9 Å². The van der Waals surface area contributed by atoms with Crippen LogP contribution in [-0.4, -0.2) is 19.5 Å². The Morgan fingerprint density at radius 3 is 2.39 bits per heavy atom. The predicted octanol–water partition coefficient (Wildman–Crippen LogP) is 6.19. The van der Waals surface area contributed by atoms with E-state index in [0.29, 0.717) is 22.8 Å². The van der Waals surface area contributed by atoms with Gasteiger partial charge in [0.25, 0.3) is 0 Å². The molecule has 7 heteroatoms. The molecule has 0 fully saturated rings. The fraction of sp³-hybridized carbons (Fsp3) is 0. The Balaban J connectivity index is 1.89. The molecule has 2 heterocycles. The number of imidazole rings is 1. The van der Waals surface area contributed by atoms with E-state index in [4.69, 9.17) is 21.6 Å². The highest BCUT2D eigenvalue weighted by molar-refractivity contribution is 9.10. The fourth-order valence-corrected chi connectivity index (χ4v) is 3.72. The molecule has 0 unspecified atom stereocenters. The Morgan fingerprint density at radius 1 is 0.857 bits per heavy atom. The van der Waals surface area contributed by atoms with E-state index in [0.717, 1.165) is 21.1 Å². The lowest BCUT2D eigenvalue weighted by molar-refractivity contribution is 0.628. The summed E-state index contributed by atoms with van der Waals surface area (Å²) in [5.74, 6) is 0.171. The third-order valence-corrected chi connectivity index (χ3v) is 5.20. The molecule has 0 atom stereocenters. The topological polar surface area (TPSA) is 43.6 Å². The van der Waals surface area contributed by atoms with Crippen molar-refractivity contribution in [2.24, 2.45) is 0 Å². The number of hydrogen-bond donors (Lipinski definition) is 0. The Labute approximate surface area is 172 Å². The van der Waals surface area contributed by atoms with Crippen molar-refractivity contribution in [2.45, 2.75) is 0 Å². The average Bonchev–Trinajstić information content (AvgIpc) is 3.06. The zero-order valence-electron chi connectivity index (χ0n) is 14.3. The van der Waals surface area contributed by atoms with E-state index in [1.165, 1.54) is 6.07 Å². The second-order valence-corrected chi connectivity index (χ2v) is 7.56. The first-order valence-corrected chi connectivity index (χ1v) is 9.64. The average molecular weight is 454 g/mol. The van der Waals surface area contributed by atoms with Crippen molar-refractivity contribution in [3.05, 3.63) is 82.0 Å². The first-order valence-electron chi connectivity index (χ1n) is 8.47. The second-order valence-electron chi connectivity index (χ2n) is 6.24. The number of aromatic nitrogens is 4. The van der Waals surface area contributed by atoms with Crippen molar-refractivity contribution in [1.82, 2.24) is 19.5 Å². The van der Waals surface area contributed by atoms with E-state index in [1.807, 2.05) is 53.1 Å². The Kier molecular flexibility index (Phi) is 4.10. The molecular weight excluding hydrogens is 443 g/mol. The summed E-state index contributed by atoms with van der Waals surface area (Å²) in [5.41, 5.74) is 4.14. The summed E-state index contributed by atoms with van der Waals surface area (Å²) < 4.78 is 16.5. The van der Waals surface area contributed by atoms with Crippen LogP contribution in [0.3, 0.4) is 0 Å². The first kappa shape index (κ1) is 17.3. The molecule has 28 heavy (non-hydrogen) atoms. The van der Waals surface area contributed by atoms with Gasteiger partial charge < -0.3 is 0 Å². The fourth-order valence-electron chi connectivity index (χ4n) is 3.15. The summed E-state index contributed by atoms with van der Waals surface area (Å²) in [6.07, 6.45) is 0. The van der Waals surface area contributed by atoms with E-state index in [-0.39, 0.29) is 5.02 Å². The minimum atomic E-state index is -0.477. The van der Waals surface area contributed by atoms with Crippen LogP contribution in [-0.2, 0) is 0 Å². The SMILES string of the molecule is Fc1ccc(-n2c(-c3cccc(Br)c3)nc3nc4ccccc4nc32)cc1Cl. The zero-order valence-corrected chi connectivity index (χ0v) is 16.6. The molecule has 0 radical (unpaired) electrons. The lowest BCUT2D eigenvalue weighted by Crippen LogP contribution is -2.00. The monoisotopic (exact) mass is 452 g/mol. The van der Waals surface area contributed by atoms with Gasteiger partial charge >= 0.3 is 0 Å². The van der Waals surface area contributed by atoms with Gasteiger partial charge in [-0.1, -0.05) is 51.8 Å². The Morgan fingerprint density at radius 2 is 1.64 bits per heavy atom. The van der Waals surface area contributed by atoms with Crippen molar-refractivity contribution in [3.63, 3.8) is 0 Å². The number of fused-ring (bicyclic) bond motifs is 2. The summed E-state index contributed by atoms with van der Waals surface area (Å²) >= 11 is 9.55. The first-order chi connectivity index (χ1) is 13.6. The zero-order chi connectivity index (χ0) is 19.3. The largest absolute Gasteiger partial charge is 0.275 e. The van der Waals surface area contributed by atoms with E-state index >= 15 is 0 Å². The van der Waals surface area contributed by atoms with Crippen LogP contribution in [0.5, 0.6) is 0 Å². The summed E-state index contributed by atoms with van der Waals surface area (Å²) in [6, 6.07) is 20.0. The number of halogens is 3.